The molecule has 3 rings (SSSR count). The molecule has 0 bridgehead atoms. The minimum absolute atomic E-state index is 0.0132. The standard InChI is InChI=1S/C20H24F2N2O3S/c1-3-26-17-10-14(4-5-16(17)27-20(21)22)11-23(2)13-19(25)24-8-6-18-15(12-24)7-9-28-18/h4-5,7,9-10,20H,3,6,8,11-13H2,1-2H3. The van der Waals surface area contributed by atoms with Gasteiger partial charge >= 0.3 is 6.61 Å². The minimum atomic E-state index is -2.90. The Labute approximate surface area is 167 Å². The highest BCUT2D eigenvalue weighted by molar-refractivity contribution is 7.10. The molecule has 0 saturated heterocycles. The highest BCUT2D eigenvalue weighted by Gasteiger charge is 2.22. The Morgan fingerprint density at radius 3 is 2.89 bits per heavy atom. The summed E-state index contributed by atoms with van der Waals surface area (Å²) >= 11 is 1.75. The molecule has 1 aromatic heterocycles. The van der Waals surface area contributed by atoms with Gasteiger partial charge in [-0.25, -0.2) is 0 Å². The Morgan fingerprint density at radius 1 is 1.32 bits per heavy atom. The van der Waals surface area contributed by atoms with Crippen molar-refractivity contribution in [2.75, 3.05) is 26.7 Å². The van der Waals surface area contributed by atoms with E-state index in [0.717, 1.165) is 18.5 Å². The molecule has 152 valence electrons. The average Bonchev–Trinajstić information content (AvgIpc) is 3.11. The summed E-state index contributed by atoms with van der Waals surface area (Å²) in [5.74, 6) is 0.377. The summed E-state index contributed by atoms with van der Waals surface area (Å²) < 4.78 is 34.9. The number of rotatable bonds is 8. The third-order valence-corrected chi connectivity index (χ3v) is 5.57. The van der Waals surface area contributed by atoms with Crippen molar-refractivity contribution in [3.63, 3.8) is 0 Å². The number of thiophene rings is 1. The molecule has 1 aliphatic heterocycles. The molecular weight excluding hydrogens is 386 g/mol. The summed E-state index contributed by atoms with van der Waals surface area (Å²) in [6.07, 6.45) is 0.909. The lowest BCUT2D eigenvalue weighted by Crippen LogP contribution is -2.41. The highest BCUT2D eigenvalue weighted by Crippen LogP contribution is 2.30. The summed E-state index contributed by atoms with van der Waals surface area (Å²) in [6.45, 7) is 1.42. The Morgan fingerprint density at radius 2 is 2.14 bits per heavy atom. The monoisotopic (exact) mass is 410 g/mol. The van der Waals surface area contributed by atoms with Crippen LogP contribution in [0.5, 0.6) is 11.5 Å². The fourth-order valence-electron chi connectivity index (χ4n) is 3.27. The van der Waals surface area contributed by atoms with Crippen LogP contribution < -0.4 is 9.47 Å². The lowest BCUT2D eigenvalue weighted by molar-refractivity contribution is -0.133. The number of amides is 1. The first kappa shape index (κ1) is 20.5. The first-order valence-corrected chi connectivity index (χ1v) is 10.1. The van der Waals surface area contributed by atoms with E-state index in [2.05, 4.69) is 16.2 Å². The molecule has 0 saturated carbocycles. The van der Waals surface area contributed by atoms with Gasteiger partial charge in [0.15, 0.2) is 11.5 Å². The Kier molecular flexibility index (Phi) is 6.85. The molecule has 0 spiro atoms. The maximum atomic E-state index is 12.6. The van der Waals surface area contributed by atoms with Crippen molar-refractivity contribution in [3.05, 3.63) is 45.6 Å². The van der Waals surface area contributed by atoms with Gasteiger partial charge in [0.25, 0.3) is 0 Å². The second kappa shape index (κ2) is 9.34. The number of benzene rings is 1. The predicted molar refractivity (Wildman–Crippen MR) is 104 cm³/mol. The number of nitrogens with zero attached hydrogens (tertiary/aromatic N) is 2. The van der Waals surface area contributed by atoms with Crippen LogP contribution in [0.4, 0.5) is 8.78 Å². The number of fused-ring (bicyclic) bond motifs is 1. The maximum absolute atomic E-state index is 12.6. The van der Waals surface area contributed by atoms with Crippen LogP contribution in [-0.2, 0) is 24.3 Å². The van der Waals surface area contributed by atoms with E-state index in [1.165, 1.54) is 16.5 Å². The SMILES string of the molecule is CCOc1cc(CN(C)CC(=O)N2CCc3sccc3C2)ccc1OC(F)F. The van der Waals surface area contributed by atoms with Crippen LogP contribution in [0, 0.1) is 0 Å². The Bertz CT molecular complexity index is 812. The van der Waals surface area contributed by atoms with Gasteiger partial charge in [-0.3, -0.25) is 9.69 Å². The fourth-order valence-corrected chi connectivity index (χ4v) is 4.16. The van der Waals surface area contributed by atoms with Gasteiger partial charge in [-0.15, -0.1) is 11.3 Å². The molecule has 2 heterocycles. The Hall–Kier alpha value is -2.19. The van der Waals surface area contributed by atoms with Crippen molar-refractivity contribution in [1.82, 2.24) is 9.80 Å². The zero-order chi connectivity index (χ0) is 20.1. The van der Waals surface area contributed by atoms with Crippen LogP contribution in [0.15, 0.2) is 29.6 Å². The van der Waals surface area contributed by atoms with Crippen molar-refractivity contribution >= 4 is 17.2 Å². The average molecular weight is 410 g/mol. The molecule has 1 aliphatic rings. The van der Waals surface area contributed by atoms with E-state index in [1.807, 2.05) is 16.8 Å². The van der Waals surface area contributed by atoms with Gasteiger partial charge in [-0.2, -0.15) is 8.78 Å². The van der Waals surface area contributed by atoms with Crippen LogP contribution >= 0.6 is 11.3 Å². The summed E-state index contributed by atoms with van der Waals surface area (Å²) in [5, 5.41) is 2.07. The van der Waals surface area contributed by atoms with Gasteiger partial charge in [-0.1, -0.05) is 6.07 Å². The molecule has 1 amide bonds. The maximum Gasteiger partial charge on any atom is 0.387 e. The fraction of sp³-hybridized carbons (Fsp3) is 0.450. The van der Waals surface area contributed by atoms with Crippen molar-refractivity contribution in [2.24, 2.45) is 0 Å². The molecule has 0 atom stereocenters. The van der Waals surface area contributed by atoms with E-state index in [0.29, 0.717) is 26.2 Å². The first-order chi connectivity index (χ1) is 13.5. The lowest BCUT2D eigenvalue weighted by Gasteiger charge is -2.29. The zero-order valence-electron chi connectivity index (χ0n) is 16.0. The van der Waals surface area contributed by atoms with Crippen molar-refractivity contribution < 1.29 is 23.0 Å². The van der Waals surface area contributed by atoms with Gasteiger partial charge in [-0.05, 0) is 55.1 Å². The molecular formula is C20H24F2N2O3S. The number of alkyl halides is 2. The molecule has 0 aliphatic carbocycles. The number of hydrogen-bond donors (Lipinski definition) is 0. The second-order valence-electron chi connectivity index (χ2n) is 6.70. The van der Waals surface area contributed by atoms with Gasteiger partial charge < -0.3 is 14.4 Å². The van der Waals surface area contributed by atoms with Gasteiger partial charge in [0.05, 0.1) is 13.2 Å². The van der Waals surface area contributed by atoms with Crippen LogP contribution in [0.2, 0.25) is 0 Å². The van der Waals surface area contributed by atoms with E-state index in [4.69, 9.17) is 4.74 Å². The third-order valence-electron chi connectivity index (χ3n) is 4.54. The van der Waals surface area contributed by atoms with Crippen molar-refractivity contribution in [1.29, 1.82) is 0 Å². The Balaban J connectivity index is 1.59. The van der Waals surface area contributed by atoms with Crippen LogP contribution in [0.1, 0.15) is 22.9 Å². The third kappa shape index (κ3) is 5.20. The van der Waals surface area contributed by atoms with E-state index in [1.54, 1.807) is 30.4 Å². The minimum Gasteiger partial charge on any atom is -0.490 e. The number of carbonyl (C=O) groups excluding carboxylic acids is 1. The second-order valence-corrected chi connectivity index (χ2v) is 7.70. The van der Waals surface area contributed by atoms with Crippen LogP contribution in [0.3, 0.4) is 0 Å². The summed E-state index contributed by atoms with van der Waals surface area (Å²) in [4.78, 5) is 17.8. The van der Waals surface area contributed by atoms with E-state index in [9.17, 15) is 13.6 Å². The summed E-state index contributed by atoms with van der Waals surface area (Å²) in [6, 6.07) is 6.95. The molecule has 0 fully saturated rings. The molecule has 0 N–H and O–H groups in total. The molecule has 5 nitrogen and oxygen atoms in total. The quantitative estimate of drug-likeness (QED) is 0.665. The number of carbonyl (C=O) groups is 1. The molecule has 0 radical (unpaired) electrons. The van der Waals surface area contributed by atoms with Gasteiger partial charge in [0.1, 0.15) is 0 Å². The largest absolute Gasteiger partial charge is 0.490 e. The predicted octanol–water partition coefficient (Wildman–Crippen LogP) is 3.76. The van der Waals surface area contributed by atoms with Crippen molar-refractivity contribution in [3.8, 4) is 11.5 Å². The molecule has 1 aromatic carbocycles. The summed E-state index contributed by atoms with van der Waals surface area (Å²) in [5.41, 5.74) is 2.10. The van der Waals surface area contributed by atoms with Gasteiger partial charge in [0.2, 0.25) is 5.91 Å². The molecule has 0 unspecified atom stereocenters. The number of hydrogen-bond acceptors (Lipinski definition) is 5. The number of halogens is 2. The van der Waals surface area contributed by atoms with Crippen LogP contribution in [0.25, 0.3) is 0 Å². The normalized spacial score (nSPS) is 13.7. The zero-order valence-corrected chi connectivity index (χ0v) is 16.8. The van der Waals surface area contributed by atoms with Gasteiger partial charge in [0, 0.05) is 24.5 Å². The lowest BCUT2D eigenvalue weighted by atomic mass is 10.1. The van der Waals surface area contributed by atoms with Crippen LogP contribution in [-0.4, -0.2) is 49.1 Å². The molecule has 8 heteroatoms. The van der Waals surface area contributed by atoms with Crippen molar-refractivity contribution in [2.45, 2.75) is 33.0 Å². The first-order valence-electron chi connectivity index (χ1n) is 9.18. The number of ether oxygens (including phenoxy) is 2. The summed E-state index contributed by atoms with van der Waals surface area (Å²) in [7, 11) is 1.86. The molecule has 28 heavy (non-hydrogen) atoms. The molecule has 2 aromatic rings. The highest BCUT2D eigenvalue weighted by atomic mass is 32.1. The van der Waals surface area contributed by atoms with E-state index >= 15 is 0 Å². The topological polar surface area (TPSA) is 42.0 Å². The number of likely N-dealkylation sites (N-methyl/N-ethyl adjacent to an activating group) is 1. The van der Waals surface area contributed by atoms with E-state index in [-0.39, 0.29) is 17.4 Å². The van der Waals surface area contributed by atoms with E-state index < -0.39 is 6.61 Å². The smallest absolute Gasteiger partial charge is 0.387 e.